The van der Waals surface area contributed by atoms with Crippen molar-refractivity contribution in [3.8, 4) is 5.88 Å². The van der Waals surface area contributed by atoms with Crippen LogP contribution in [0.3, 0.4) is 0 Å². The molecule has 0 unspecified atom stereocenters. The molecule has 3 aromatic rings. The average Bonchev–Trinajstić information content (AvgIpc) is 3.29. The van der Waals surface area contributed by atoms with Crippen molar-refractivity contribution in [1.29, 1.82) is 0 Å². The molecule has 0 atom stereocenters. The maximum absolute atomic E-state index is 13.1. The largest absolute Gasteiger partial charge is 0.474 e. The Labute approximate surface area is 193 Å². The Hall–Kier alpha value is -3.20. The standard InChI is InChI=1S/C24H31N7O2/c1-2-25-11-6-18-15-27-21-7-12-28-31(21)23(18)30-16-19(17-30)24(32)29-13-8-20(9-14-29)33-22-5-3-4-10-26-22/h3-5,7,10,12,15,19-20,25H,2,6,8-9,11,13-14,16-17H2,1H3. The van der Waals surface area contributed by atoms with Crippen LogP contribution in [0, 0.1) is 5.92 Å². The zero-order chi connectivity index (χ0) is 22.6. The van der Waals surface area contributed by atoms with Crippen LogP contribution in [0.4, 0.5) is 5.82 Å². The van der Waals surface area contributed by atoms with E-state index in [1.54, 1.807) is 12.4 Å². The van der Waals surface area contributed by atoms with Crippen LogP contribution in [-0.4, -0.2) is 75.8 Å². The summed E-state index contributed by atoms with van der Waals surface area (Å²) < 4.78 is 7.87. The summed E-state index contributed by atoms with van der Waals surface area (Å²) in [5, 5.41) is 7.87. The van der Waals surface area contributed by atoms with Crippen LogP contribution in [0.1, 0.15) is 25.3 Å². The number of likely N-dealkylation sites (tertiary alicyclic amines) is 1. The van der Waals surface area contributed by atoms with E-state index in [9.17, 15) is 4.79 Å². The molecule has 0 spiro atoms. The number of fused-ring (bicyclic) bond motifs is 1. The third kappa shape index (κ3) is 4.64. The molecule has 9 nitrogen and oxygen atoms in total. The van der Waals surface area contributed by atoms with E-state index in [0.29, 0.717) is 5.88 Å². The van der Waals surface area contributed by atoms with Gasteiger partial charge in [-0.2, -0.15) is 9.61 Å². The van der Waals surface area contributed by atoms with E-state index < -0.39 is 0 Å². The fourth-order valence-corrected chi connectivity index (χ4v) is 4.66. The van der Waals surface area contributed by atoms with Crippen LogP contribution >= 0.6 is 0 Å². The number of anilines is 1. The third-order valence-corrected chi connectivity index (χ3v) is 6.49. The molecule has 3 aromatic heterocycles. The minimum absolute atomic E-state index is 0.0265. The number of amides is 1. The van der Waals surface area contributed by atoms with Crippen LogP contribution < -0.4 is 15.0 Å². The highest BCUT2D eigenvalue weighted by atomic mass is 16.5. The summed E-state index contributed by atoms with van der Waals surface area (Å²) in [5.41, 5.74) is 1.99. The zero-order valence-electron chi connectivity index (χ0n) is 19.1. The molecule has 9 heteroatoms. The molecule has 2 fully saturated rings. The maximum Gasteiger partial charge on any atom is 0.229 e. The monoisotopic (exact) mass is 449 g/mol. The molecule has 0 aromatic carbocycles. The lowest BCUT2D eigenvalue weighted by atomic mass is 9.96. The van der Waals surface area contributed by atoms with E-state index in [1.807, 2.05) is 39.9 Å². The molecule has 5 heterocycles. The molecule has 0 bridgehead atoms. The van der Waals surface area contributed by atoms with E-state index in [4.69, 9.17) is 4.74 Å². The summed E-state index contributed by atoms with van der Waals surface area (Å²) in [5.74, 6) is 2.00. The molecule has 5 rings (SSSR count). The Balaban J connectivity index is 1.18. The number of pyridine rings is 1. The van der Waals surface area contributed by atoms with Gasteiger partial charge in [-0.25, -0.2) is 9.97 Å². The summed E-state index contributed by atoms with van der Waals surface area (Å²) in [6.45, 7) is 6.85. The molecule has 2 saturated heterocycles. The summed E-state index contributed by atoms with van der Waals surface area (Å²) >= 11 is 0. The second-order valence-corrected chi connectivity index (χ2v) is 8.72. The number of hydrogen-bond acceptors (Lipinski definition) is 7. The van der Waals surface area contributed by atoms with Gasteiger partial charge in [-0.15, -0.1) is 0 Å². The summed E-state index contributed by atoms with van der Waals surface area (Å²) in [7, 11) is 0. The highest BCUT2D eigenvalue weighted by molar-refractivity contribution is 5.82. The van der Waals surface area contributed by atoms with E-state index >= 15 is 0 Å². The minimum Gasteiger partial charge on any atom is -0.474 e. The van der Waals surface area contributed by atoms with Crippen molar-refractivity contribution in [2.24, 2.45) is 5.92 Å². The Morgan fingerprint density at radius 2 is 2.00 bits per heavy atom. The number of rotatable bonds is 8. The number of likely N-dealkylation sites (N-methyl/N-ethyl adjacent to an activating group) is 1. The van der Waals surface area contributed by atoms with E-state index in [1.165, 1.54) is 0 Å². The fraction of sp³-hybridized carbons (Fsp3) is 0.500. The molecule has 0 radical (unpaired) electrons. The van der Waals surface area contributed by atoms with Crippen molar-refractivity contribution < 1.29 is 9.53 Å². The number of nitrogens with zero attached hydrogens (tertiary/aromatic N) is 6. The van der Waals surface area contributed by atoms with Crippen molar-refractivity contribution in [3.63, 3.8) is 0 Å². The lowest BCUT2D eigenvalue weighted by Gasteiger charge is -2.43. The first-order valence-electron chi connectivity index (χ1n) is 11.9. The molecule has 1 N–H and O–H groups in total. The van der Waals surface area contributed by atoms with Gasteiger partial charge in [0.1, 0.15) is 11.9 Å². The molecule has 0 aliphatic carbocycles. The Bertz CT molecular complexity index is 1070. The topological polar surface area (TPSA) is 87.9 Å². The quantitative estimate of drug-likeness (QED) is 0.525. The van der Waals surface area contributed by atoms with Crippen molar-refractivity contribution in [3.05, 3.63) is 48.4 Å². The van der Waals surface area contributed by atoms with Gasteiger partial charge >= 0.3 is 0 Å². The van der Waals surface area contributed by atoms with E-state index in [2.05, 4.69) is 32.2 Å². The maximum atomic E-state index is 13.1. The summed E-state index contributed by atoms with van der Waals surface area (Å²) in [4.78, 5) is 26.2. The van der Waals surface area contributed by atoms with Gasteiger partial charge < -0.3 is 19.9 Å². The first kappa shape index (κ1) is 21.6. The Kier molecular flexibility index (Phi) is 6.39. The summed E-state index contributed by atoms with van der Waals surface area (Å²) in [6.07, 6.45) is 8.14. The summed E-state index contributed by atoms with van der Waals surface area (Å²) in [6, 6.07) is 7.60. The average molecular weight is 450 g/mol. The van der Waals surface area contributed by atoms with Gasteiger partial charge in [0.2, 0.25) is 11.8 Å². The van der Waals surface area contributed by atoms with Gasteiger partial charge in [0.25, 0.3) is 0 Å². The van der Waals surface area contributed by atoms with Crippen molar-refractivity contribution in [2.75, 3.05) is 44.2 Å². The third-order valence-electron chi connectivity index (χ3n) is 6.49. The predicted molar refractivity (Wildman–Crippen MR) is 125 cm³/mol. The van der Waals surface area contributed by atoms with Crippen LogP contribution in [-0.2, 0) is 11.2 Å². The van der Waals surface area contributed by atoms with E-state index in [-0.39, 0.29) is 17.9 Å². The van der Waals surface area contributed by atoms with Crippen molar-refractivity contribution in [2.45, 2.75) is 32.3 Å². The lowest BCUT2D eigenvalue weighted by Crippen LogP contribution is -2.56. The number of aromatic nitrogens is 4. The molecule has 1 amide bonds. The molecule has 0 saturated carbocycles. The van der Waals surface area contributed by atoms with Crippen LogP contribution in [0.2, 0.25) is 0 Å². The lowest BCUT2D eigenvalue weighted by molar-refractivity contribution is -0.138. The molecular weight excluding hydrogens is 418 g/mol. The van der Waals surface area contributed by atoms with Crippen LogP contribution in [0.5, 0.6) is 5.88 Å². The van der Waals surface area contributed by atoms with Crippen molar-refractivity contribution in [1.82, 2.24) is 29.8 Å². The molecule has 2 aliphatic heterocycles. The highest BCUT2D eigenvalue weighted by Crippen LogP contribution is 2.30. The number of nitrogens with one attached hydrogen (secondary N) is 1. The Morgan fingerprint density at radius 1 is 1.15 bits per heavy atom. The number of ether oxygens (including phenoxy) is 1. The van der Waals surface area contributed by atoms with Gasteiger partial charge in [-0.1, -0.05) is 13.0 Å². The number of hydrogen-bond donors (Lipinski definition) is 1. The zero-order valence-corrected chi connectivity index (χ0v) is 19.1. The first-order chi connectivity index (χ1) is 16.2. The van der Waals surface area contributed by atoms with Gasteiger partial charge in [-0.05, 0) is 25.6 Å². The molecule has 174 valence electrons. The fourth-order valence-electron chi connectivity index (χ4n) is 4.66. The second kappa shape index (κ2) is 9.74. The van der Waals surface area contributed by atoms with Gasteiger partial charge in [0.15, 0.2) is 5.65 Å². The van der Waals surface area contributed by atoms with Crippen molar-refractivity contribution >= 4 is 17.4 Å². The molecule has 33 heavy (non-hydrogen) atoms. The SMILES string of the molecule is CCNCCc1cnc2ccnn2c1N1CC(C(=O)N2CCC(Oc3ccccn3)CC2)C1. The van der Waals surface area contributed by atoms with Crippen LogP contribution in [0.25, 0.3) is 5.65 Å². The normalized spacial score (nSPS) is 17.4. The second-order valence-electron chi connectivity index (χ2n) is 8.72. The minimum atomic E-state index is 0.0265. The number of carbonyl (C=O) groups is 1. The van der Waals surface area contributed by atoms with Gasteiger partial charge in [0, 0.05) is 69.1 Å². The number of carbonyl (C=O) groups excluding carboxylic acids is 1. The smallest absolute Gasteiger partial charge is 0.229 e. The van der Waals surface area contributed by atoms with E-state index in [0.717, 1.165) is 75.6 Å². The predicted octanol–water partition coefficient (Wildman–Crippen LogP) is 1.78. The first-order valence-corrected chi connectivity index (χ1v) is 11.9. The highest BCUT2D eigenvalue weighted by Gasteiger charge is 2.38. The Morgan fingerprint density at radius 3 is 2.76 bits per heavy atom. The molecular formula is C24H31N7O2. The van der Waals surface area contributed by atoms with Gasteiger partial charge in [0.05, 0.1) is 12.1 Å². The number of piperidine rings is 1. The molecule has 2 aliphatic rings. The van der Waals surface area contributed by atoms with Gasteiger partial charge in [-0.3, -0.25) is 4.79 Å². The van der Waals surface area contributed by atoms with Crippen LogP contribution in [0.15, 0.2) is 42.9 Å².